The van der Waals surface area contributed by atoms with Gasteiger partial charge in [-0.15, -0.1) is 0 Å². The van der Waals surface area contributed by atoms with E-state index in [-0.39, 0.29) is 10.7 Å². The molecule has 5 nitrogen and oxygen atoms in total. The van der Waals surface area contributed by atoms with Crippen LogP contribution in [0.3, 0.4) is 0 Å². The quantitative estimate of drug-likeness (QED) is 0.419. The Balaban J connectivity index is 1.80. The minimum Gasteiger partial charge on any atom is -0.449 e. The number of sulfonamides is 1. The zero-order valence-electron chi connectivity index (χ0n) is 16.2. The molecule has 1 aromatic heterocycles. The molecule has 1 heterocycles. The fraction of sp³-hybridized carbons (Fsp3) is 0.0870. The van der Waals surface area contributed by atoms with E-state index < -0.39 is 10.0 Å². The van der Waals surface area contributed by atoms with E-state index in [1.165, 1.54) is 12.7 Å². The molecular weight excluding hydrogens is 420 g/mol. The van der Waals surface area contributed by atoms with Gasteiger partial charge in [-0.05, 0) is 65.4 Å². The van der Waals surface area contributed by atoms with Gasteiger partial charge in [0.15, 0.2) is 12.2 Å². The maximum absolute atomic E-state index is 12.9. The summed E-state index contributed by atoms with van der Waals surface area (Å²) in [5.74, 6) is 0.132. The van der Waals surface area contributed by atoms with Crippen LogP contribution in [-0.4, -0.2) is 13.4 Å². The molecule has 4 rings (SSSR count). The first-order valence-electron chi connectivity index (χ1n) is 9.27. The molecule has 0 atom stereocenters. The van der Waals surface area contributed by atoms with Crippen molar-refractivity contribution in [3.05, 3.63) is 101 Å². The average molecular weight is 439 g/mol. The Labute approximate surface area is 180 Å². The number of aryl methyl sites for hydroxylation is 1. The van der Waals surface area contributed by atoms with Crippen molar-refractivity contribution in [3.63, 3.8) is 0 Å². The van der Waals surface area contributed by atoms with E-state index in [1.807, 2.05) is 61.5 Å². The number of nitrogens with zero attached hydrogens (tertiary/aromatic N) is 1. The molecule has 0 amide bonds. The van der Waals surface area contributed by atoms with Gasteiger partial charge in [0.25, 0.3) is 10.0 Å². The van der Waals surface area contributed by atoms with Crippen molar-refractivity contribution in [2.75, 3.05) is 4.72 Å². The van der Waals surface area contributed by atoms with Crippen molar-refractivity contribution >= 4 is 27.4 Å². The standard InChI is InChI=1S/C23H19ClN2O3S/c1-16-11-18(8-10-22(16)24)21-13-20(30(27,28)26-23-14-29-15-25-23)9-7-19(21)12-17-5-3-2-4-6-17/h2-11,13-15,26H,12H2,1H3. The Morgan fingerprint density at radius 3 is 2.53 bits per heavy atom. The van der Waals surface area contributed by atoms with Crippen molar-refractivity contribution in [2.24, 2.45) is 0 Å². The van der Waals surface area contributed by atoms with Crippen LogP contribution in [0, 0.1) is 6.92 Å². The molecule has 0 aliphatic carbocycles. The van der Waals surface area contributed by atoms with Crippen LogP contribution < -0.4 is 4.72 Å². The summed E-state index contributed by atoms with van der Waals surface area (Å²) in [6.45, 7) is 1.93. The largest absolute Gasteiger partial charge is 0.449 e. The summed E-state index contributed by atoms with van der Waals surface area (Å²) in [5.41, 5.74) is 4.82. The molecule has 30 heavy (non-hydrogen) atoms. The first-order chi connectivity index (χ1) is 14.4. The Kier molecular flexibility index (Phi) is 5.61. The van der Waals surface area contributed by atoms with Gasteiger partial charge in [0.2, 0.25) is 0 Å². The molecule has 0 saturated carbocycles. The smallest absolute Gasteiger partial charge is 0.263 e. The summed E-state index contributed by atoms with van der Waals surface area (Å²) < 4.78 is 33.0. The highest BCUT2D eigenvalue weighted by Gasteiger charge is 2.18. The Morgan fingerprint density at radius 1 is 1.03 bits per heavy atom. The second-order valence-electron chi connectivity index (χ2n) is 6.92. The summed E-state index contributed by atoms with van der Waals surface area (Å²) in [6, 6.07) is 20.9. The lowest BCUT2D eigenvalue weighted by atomic mass is 9.94. The zero-order valence-corrected chi connectivity index (χ0v) is 17.7. The molecule has 4 aromatic rings. The number of rotatable bonds is 6. The van der Waals surface area contributed by atoms with E-state index in [4.69, 9.17) is 16.0 Å². The number of benzene rings is 3. The number of oxazole rings is 1. The fourth-order valence-electron chi connectivity index (χ4n) is 3.23. The molecule has 7 heteroatoms. The molecule has 0 saturated heterocycles. The summed E-state index contributed by atoms with van der Waals surface area (Å²) in [4.78, 5) is 3.97. The van der Waals surface area contributed by atoms with Crippen LogP contribution in [0.25, 0.3) is 11.1 Å². The average Bonchev–Trinajstić information content (AvgIpc) is 3.23. The lowest BCUT2D eigenvalue weighted by Gasteiger charge is -2.14. The van der Waals surface area contributed by atoms with Gasteiger partial charge in [0.1, 0.15) is 6.26 Å². The number of hydrogen-bond acceptors (Lipinski definition) is 4. The van der Waals surface area contributed by atoms with Gasteiger partial charge in [-0.2, -0.15) is 4.98 Å². The van der Waals surface area contributed by atoms with Gasteiger partial charge in [-0.3, -0.25) is 4.72 Å². The van der Waals surface area contributed by atoms with Gasteiger partial charge >= 0.3 is 0 Å². The van der Waals surface area contributed by atoms with Crippen molar-refractivity contribution < 1.29 is 12.8 Å². The fourth-order valence-corrected chi connectivity index (χ4v) is 4.36. The third-order valence-electron chi connectivity index (χ3n) is 4.77. The van der Waals surface area contributed by atoms with E-state index in [0.717, 1.165) is 27.8 Å². The summed E-state index contributed by atoms with van der Waals surface area (Å²) >= 11 is 6.20. The van der Waals surface area contributed by atoms with Gasteiger partial charge < -0.3 is 4.42 Å². The van der Waals surface area contributed by atoms with E-state index in [0.29, 0.717) is 11.4 Å². The minimum atomic E-state index is -3.82. The monoisotopic (exact) mass is 438 g/mol. The third kappa shape index (κ3) is 4.40. The molecule has 0 aliphatic rings. The maximum Gasteiger partial charge on any atom is 0.263 e. The second-order valence-corrected chi connectivity index (χ2v) is 9.01. The SMILES string of the molecule is Cc1cc(-c2cc(S(=O)(=O)Nc3cocn3)ccc2Cc2ccccc2)ccc1Cl. The highest BCUT2D eigenvalue weighted by molar-refractivity contribution is 7.92. The lowest BCUT2D eigenvalue weighted by Crippen LogP contribution is -2.13. The normalized spacial score (nSPS) is 11.4. The molecular formula is C23H19ClN2O3S. The molecule has 152 valence electrons. The molecule has 3 aromatic carbocycles. The van der Waals surface area contributed by atoms with Crippen LogP contribution in [0.4, 0.5) is 5.82 Å². The van der Waals surface area contributed by atoms with Gasteiger partial charge in [0.05, 0.1) is 4.90 Å². The van der Waals surface area contributed by atoms with Crippen LogP contribution in [0.15, 0.2) is 88.7 Å². The summed E-state index contributed by atoms with van der Waals surface area (Å²) in [5, 5.41) is 0.667. The Bertz CT molecular complexity index is 1270. The van der Waals surface area contributed by atoms with Crippen LogP contribution >= 0.6 is 11.6 Å². The van der Waals surface area contributed by atoms with Crippen LogP contribution in [0.2, 0.25) is 5.02 Å². The van der Waals surface area contributed by atoms with E-state index >= 15 is 0 Å². The van der Waals surface area contributed by atoms with Crippen molar-refractivity contribution in [2.45, 2.75) is 18.2 Å². The van der Waals surface area contributed by atoms with E-state index in [2.05, 4.69) is 9.71 Å². The lowest BCUT2D eigenvalue weighted by molar-refractivity contribution is 0.558. The van der Waals surface area contributed by atoms with Gasteiger partial charge in [-0.1, -0.05) is 54.1 Å². The Hall–Kier alpha value is -3.09. The zero-order chi connectivity index (χ0) is 21.1. The summed E-state index contributed by atoms with van der Waals surface area (Å²) in [6.07, 6.45) is 3.09. The molecule has 0 aliphatic heterocycles. The van der Waals surface area contributed by atoms with E-state index in [9.17, 15) is 8.42 Å². The molecule has 0 unspecified atom stereocenters. The number of aromatic nitrogens is 1. The number of anilines is 1. The molecule has 1 N–H and O–H groups in total. The van der Waals surface area contributed by atoms with Crippen molar-refractivity contribution in [1.29, 1.82) is 0 Å². The topological polar surface area (TPSA) is 72.2 Å². The maximum atomic E-state index is 12.9. The number of hydrogen-bond donors (Lipinski definition) is 1. The number of halogens is 1. The second kappa shape index (κ2) is 8.34. The molecule has 0 fully saturated rings. The third-order valence-corrected chi connectivity index (χ3v) is 6.55. The van der Waals surface area contributed by atoms with Crippen LogP contribution in [0.5, 0.6) is 0 Å². The molecule has 0 bridgehead atoms. The van der Waals surface area contributed by atoms with E-state index in [1.54, 1.807) is 12.1 Å². The first-order valence-corrected chi connectivity index (χ1v) is 11.1. The minimum absolute atomic E-state index is 0.132. The highest BCUT2D eigenvalue weighted by atomic mass is 35.5. The van der Waals surface area contributed by atoms with Crippen molar-refractivity contribution in [1.82, 2.24) is 4.98 Å². The van der Waals surface area contributed by atoms with Crippen LogP contribution in [0.1, 0.15) is 16.7 Å². The van der Waals surface area contributed by atoms with Crippen molar-refractivity contribution in [3.8, 4) is 11.1 Å². The Morgan fingerprint density at radius 2 is 1.83 bits per heavy atom. The summed E-state index contributed by atoms with van der Waals surface area (Å²) in [7, 11) is -3.82. The highest BCUT2D eigenvalue weighted by Crippen LogP contribution is 2.31. The van der Waals surface area contributed by atoms with Gasteiger partial charge in [-0.25, -0.2) is 8.42 Å². The molecule has 0 spiro atoms. The molecule has 0 radical (unpaired) electrons. The predicted octanol–water partition coefficient (Wildman–Crippen LogP) is 5.70. The first kappa shape index (κ1) is 20.2. The predicted molar refractivity (Wildman–Crippen MR) is 118 cm³/mol. The van der Waals surface area contributed by atoms with Gasteiger partial charge in [0, 0.05) is 5.02 Å². The van der Waals surface area contributed by atoms with Crippen LogP contribution in [-0.2, 0) is 16.4 Å². The number of nitrogens with one attached hydrogen (secondary N) is 1.